The second-order valence-electron chi connectivity index (χ2n) is 6.16. The molecule has 1 fully saturated rings. The summed E-state index contributed by atoms with van der Waals surface area (Å²) in [5.41, 5.74) is 4.59. The van der Waals surface area contributed by atoms with Gasteiger partial charge >= 0.3 is 0 Å². The van der Waals surface area contributed by atoms with E-state index < -0.39 is 21.7 Å². The molecule has 2 heterocycles. The van der Waals surface area contributed by atoms with Crippen LogP contribution in [0.1, 0.15) is 5.56 Å². The van der Waals surface area contributed by atoms with E-state index in [1.807, 2.05) is 6.07 Å². The van der Waals surface area contributed by atoms with Gasteiger partial charge in [0.25, 0.3) is 10.0 Å². The average Bonchev–Trinajstić information content (AvgIpc) is 3.01. The summed E-state index contributed by atoms with van der Waals surface area (Å²) in [6.07, 6.45) is 0.363. The first-order chi connectivity index (χ1) is 12.8. The maximum absolute atomic E-state index is 12.8. The third kappa shape index (κ3) is 3.90. The number of aromatic nitrogens is 1. The number of sulfonamides is 1. The van der Waals surface area contributed by atoms with Gasteiger partial charge in [0.1, 0.15) is 17.5 Å². The number of nitrogens with zero attached hydrogens (tertiary/aromatic N) is 3. The fourth-order valence-corrected chi connectivity index (χ4v) is 4.30. The van der Waals surface area contributed by atoms with Crippen molar-refractivity contribution in [3.63, 3.8) is 0 Å². The first kappa shape index (κ1) is 19.5. The van der Waals surface area contributed by atoms with Crippen LogP contribution < -0.4 is 10.5 Å². The second-order valence-corrected chi connectivity index (χ2v) is 8.48. The van der Waals surface area contributed by atoms with E-state index in [2.05, 4.69) is 4.98 Å². The number of nitrogens with two attached hydrogens (primary N) is 1. The molecular formula is C17H17ClN4O4S. The van der Waals surface area contributed by atoms with Crippen molar-refractivity contribution < 1.29 is 18.3 Å². The number of rotatable bonds is 5. The van der Waals surface area contributed by atoms with Crippen LogP contribution in [0.25, 0.3) is 0 Å². The maximum atomic E-state index is 12.8. The van der Waals surface area contributed by atoms with Gasteiger partial charge in [-0.3, -0.25) is 0 Å². The van der Waals surface area contributed by atoms with Crippen LogP contribution in [-0.2, 0) is 10.0 Å². The van der Waals surface area contributed by atoms with E-state index in [-0.39, 0.29) is 24.7 Å². The van der Waals surface area contributed by atoms with Crippen molar-refractivity contribution in [1.82, 2.24) is 9.29 Å². The van der Waals surface area contributed by atoms with Gasteiger partial charge in [0.05, 0.1) is 23.2 Å². The van der Waals surface area contributed by atoms with Crippen LogP contribution in [0.2, 0.25) is 5.02 Å². The summed E-state index contributed by atoms with van der Waals surface area (Å²) in [6.45, 7) is -0.508. The molecule has 3 rings (SSSR count). The Bertz CT molecular complexity index is 960. The maximum Gasteiger partial charge on any atom is 0.260 e. The van der Waals surface area contributed by atoms with Gasteiger partial charge in [-0.05, 0) is 36.4 Å². The van der Waals surface area contributed by atoms with Gasteiger partial charge in [-0.1, -0.05) is 11.6 Å². The summed E-state index contributed by atoms with van der Waals surface area (Å²) < 4.78 is 32.5. The quantitative estimate of drug-likeness (QED) is 0.746. The lowest BCUT2D eigenvalue weighted by Crippen LogP contribution is -2.50. The number of hydrogen-bond donors (Lipinski definition) is 2. The zero-order chi connectivity index (χ0) is 19.7. The fourth-order valence-electron chi connectivity index (χ4n) is 2.77. The van der Waals surface area contributed by atoms with E-state index in [0.717, 1.165) is 4.31 Å². The molecule has 1 aliphatic rings. The standard InChI is InChI=1S/C17H17ClN4O4S/c18-13-3-6-16(21-8-13)27(24,25)22-9-15(17(23,10-20)11-22)26-14-4-1-12(7-19)2-5-14/h1-6,8,15,23H,9-11,20H2/t15-,17-/m0/s1. The predicted molar refractivity (Wildman–Crippen MR) is 97.6 cm³/mol. The Morgan fingerprint density at radius 3 is 2.63 bits per heavy atom. The van der Waals surface area contributed by atoms with E-state index in [0.29, 0.717) is 16.3 Å². The summed E-state index contributed by atoms with van der Waals surface area (Å²) in [5, 5.41) is 19.8. The smallest absolute Gasteiger partial charge is 0.260 e. The highest BCUT2D eigenvalue weighted by Gasteiger charge is 2.50. The number of nitriles is 1. The van der Waals surface area contributed by atoms with E-state index in [4.69, 9.17) is 27.3 Å². The first-order valence-corrected chi connectivity index (χ1v) is 9.81. The number of halogens is 1. The molecule has 3 N–H and O–H groups in total. The molecule has 2 aromatic rings. The molecule has 8 nitrogen and oxygen atoms in total. The van der Waals surface area contributed by atoms with Crippen molar-refractivity contribution >= 4 is 21.6 Å². The van der Waals surface area contributed by atoms with E-state index in [1.54, 1.807) is 24.3 Å². The second kappa shape index (κ2) is 7.42. The molecule has 0 bridgehead atoms. The van der Waals surface area contributed by atoms with Gasteiger partial charge < -0.3 is 15.6 Å². The van der Waals surface area contributed by atoms with Crippen LogP contribution in [0.3, 0.4) is 0 Å². The molecule has 27 heavy (non-hydrogen) atoms. The monoisotopic (exact) mass is 408 g/mol. The summed E-state index contributed by atoms with van der Waals surface area (Å²) in [7, 11) is -3.95. The Morgan fingerprint density at radius 1 is 1.37 bits per heavy atom. The summed E-state index contributed by atoms with van der Waals surface area (Å²) in [5.74, 6) is 0.398. The molecular weight excluding hydrogens is 392 g/mol. The van der Waals surface area contributed by atoms with Crippen LogP contribution in [-0.4, -0.2) is 54.2 Å². The molecule has 0 unspecified atom stereocenters. The number of pyridine rings is 1. The third-order valence-electron chi connectivity index (χ3n) is 4.34. The molecule has 1 aromatic carbocycles. The van der Waals surface area contributed by atoms with Crippen LogP contribution in [0.15, 0.2) is 47.6 Å². The largest absolute Gasteiger partial charge is 0.486 e. The summed E-state index contributed by atoms with van der Waals surface area (Å²) in [4.78, 5) is 3.85. The van der Waals surface area contributed by atoms with E-state index >= 15 is 0 Å². The fraction of sp³-hybridized carbons (Fsp3) is 0.294. The van der Waals surface area contributed by atoms with Gasteiger partial charge in [-0.2, -0.15) is 9.57 Å². The molecule has 1 aromatic heterocycles. The zero-order valence-corrected chi connectivity index (χ0v) is 15.7. The highest BCUT2D eigenvalue weighted by atomic mass is 35.5. The molecule has 0 radical (unpaired) electrons. The molecule has 0 saturated carbocycles. The Kier molecular flexibility index (Phi) is 5.37. The van der Waals surface area contributed by atoms with Crippen molar-refractivity contribution in [2.45, 2.75) is 16.7 Å². The molecule has 2 atom stereocenters. The molecule has 0 aliphatic carbocycles. The van der Waals surface area contributed by atoms with Gasteiger partial charge in [0.2, 0.25) is 0 Å². The minimum Gasteiger partial charge on any atom is -0.486 e. The minimum atomic E-state index is -3.95. The lowest BCUT2D eigenvalue weighted by molar-refractivity contribution is -0.0199. The number of hydrogen-bond acceptors (Lipinski definition) is 7. The molecule has 142 valence electrons. The van der Waals surface area contributed by atoms with Crippen LogP contribution in [0.5, 0.6) is 5.75 Å². The molecule has 10 heteroatoms. The van der Waals surface area contributed by atoms with Gasteiger partial charge in [0.15, 0.2) is 5.03 Å². The summed E-state index contributed by atoms with van der Waals surface area (Å²) in [6, 6.07) is 11.0. The van der Waals surface area contributed by atoms with E-state index in [9.17, 15) is 13.5 Å². The average molecular weight is 409 g/mol. The third-order valence-corrected chi connectivity index (χ3v) is 6.29. The topological polar surface area (TPSA) is 130 Å². The van der Waals surface area contributed by atoms with Gasteiger partial charge in [0, 0.05) is 19.3 Å². The lowest BCUT2D eigenvalue weighted by atomic mass is 10.0. The van der Waals surface area contributed by atoms with Gasteiger partial charge in [-0.15, -0.1) is 0 Å². The normalized spacial score (nSPS) is 23.1. The number of aliphatic hydroxyl groups is 1. The van der Waals surface area contributed by atoms with Gasteiger partial charge in [-0.25, -0.2) is 13.4 Å². The van der Waals surface area contributed by atoms with Crippen molar-refractivity contribution in [2.24, 2.45) is 5.73 Å². The SMILES string of the molecule is N#Cc1ccc(O[C@H]2CN(S(=O)(=O)c3ccc(Cl)cn3)C[C@@]2(O)CN)cc1. The Labute approximate surface area is 161 Å². The van der Waals surface area contributed by atoms with E-state index in [1.165, 1.54) is 18.3 Å². The summed E-state index contributed by atoms with van der Waals surface area (Å²) >= 11 is 5.76. The number of benzene rings is 1. The highest BCUT2D eigenvalue weighted by Crippen LogP contribution is 2.30. The van der Waals surface area contributed by atoms with Crippen molar-refractivity contribution in [3.05, 3.63) is 53.2 Å². The van der Waals surface area contributed by atoms with Crippen LogP contribution >= 0.6 is 11.6 Å². The lowest BCUT2D eigenvalue weighted by Gasteiger charge is -2.27. The van der Waals surface area contributed by atoms with Crippen molar-refractivity contribution in [3.8, 4) is 11.8 Å². The first-order valence-electron chi connectivity index (χ1n) is 7.99. The molecule has 0 spiro atoms. The Balaban J connectivity index is 1.84. The number of β-amino-alcohol motifs (C(OH)–C–C–N with tert-alkyl or cyclic N) is 1. The Hall–Kier alpha value is -2.22. The highest BCUT2D eigenvalue weighted by molar-refractivity contribution is 7.89. The minimum absolute atomic E-state index is 0.0969. The Morgan fingerprint density at radius 2 is 2.07 bits per heavy atom. The molecule has 1 aliphatic heterocycles. The van der Waals surface area contributed by atoms with Crippen LogP contribution in [0.4, 0.5) is 0 Å². The predicted octanol–water partition coefficient (Wildman–Crippen LogP) is 0.748. The number of ether oxygens (including phenoxy) is 1. The van der Waals surface area contributed by atoms with Crippen molar-refractivity contribution in [1.29, 1.82) is 5.26 Å². The molecule has 0 amide bonds. The molecule has 1 saturated heterocycles. The van der Waals surface area contributed by atoms with Crippen molar-refractivity contribution in [2.75, 3.05) is 19.6 Å². The zero-order valence-electron chi connectivity index (χ0n) is 14.1. The van der Waals surface area contributed by atoms with Crippen LogP contribution in [0, 0.1) is 11.3 Å².